The van der Waals surface area contributed by atoms with E-state index in [9.17, 15) is 0 Å². The van der Waals surface area contributed by atoms with Crippen LogP contribution < -0.4 is 10.6 Å². The number of rotatable bonds is 10. The SMILES string of the molecule is CCNC(=NCCCOCC(C)C)NCCOC. The Bertz CT molecular complexity index is 208. The van der Waals surface area contributed by atoms with E-state index in [1.54, 1.807) is 7.11 Å². The van der Waals surface area contributed by atoms with Crippen LogP contribution in [0.1, 0.15) is 27.2 Å². The van der Waals surface area contributed by atoms with Crippen molar-refractivity contribution in [1.82, 2.24) is 10.6 Å². The Morgan fingerprint density at radius 2 is 2.00 bits per heavy atom. The van der Waals surface area contributed by atoms with Crippen LogP contribution >= 0.6 is 0 Å². The number of nitrogens with zero attached hydrogens (tertiary/aromatic N) is 1. The molecule has 5 nitrogen and oxygen atoms in total. The third kappa shape index (κ3) is 11.7. The Balaban J connectivity index is 3.65. The van der Waals surface area contributed by atoms with Crippen molar-refractivity contribution in [2.75, 3.05) is 46.6 Å². The highest BCUT2D eigenvalue weighted by atomic mass is 16.5. The third-order valence-electron chi connectivity index (χ3n) is 2.11. The van der Waals surface area contributed by atoms with Gasteiger partial charge in [0.1, 0.15) is 0 Å². The maximum atomic E-state index is 5.51. The van der Waals surface area contributed by atoms with Gasteiger partial charge in [-0.2, -0.15) is 0 Å². The van der Waals surface area contributed by atoms with Crippen molar-refractivity contribution in [3.8, 4) is 0 Å². The largest absolute Gasteiger partial charge is 0.383 e. The molecule has 0 heterocycles. The van der Waals surface area contributed by atoms with Gasteiger partial charge in [-0.1, -0.05) is 13.8 Å². The van der Waals surface area contributed by atoms with Crippen molar-refractivity contribution in [3.05, 3.63) is 0 Å². The van der Waals surface area contributed by atoms with E-state index in [4.69, 9.17) is 9.47 Å². The smallest absolute Gasteiger partial charge is 0.191 e. The number of hydrogen-bond acceptors (Lipinski definition) is 3. The normalized spacial score (nSPS) is 11.9. The Kier molecular flexibility index (Phi) is 12.1. The minimum atomic E-state index is 0.599. The molecule has 0 aromatic carbocycles. The summed E-state index contributed by atoms with van der Waals surface area (Å²) in [4.78, 5) is 4.46. The Morgan fingerprint density at radius 3 is 2.61 bits per heavy atom. The average molecular weight is 259 g/mol. The van der Waals surface area contributed by atoms with Gasteiger partial charge in [0.05, 0.1) is 6.61 Å². The zero-order chi connectivity index (χ0) is 13.6. The lowest BCUT2D eigenvalue weighted by atomic mass is 10.2. The molecular weight excluding hydrogens is 230 g/mol. The van der Waals surface area contributed by atoms with Crippen molar-refractivity contribution in [1.29, 1.82) is 0 Å². The molecule has 0 atom stereocenters. The molecule has 5 heteroatoms. The summed E-state index contributed by atoms with van der Waals surface area (Å²) in [5, 5.41) is 6.40. The molecule has 0 aliphatic heterocycles. The van der Waals surface area contributed by atoms with Gasteiger partial charge in [0.2, 0.25) is 0 Å². The summed E-state index contributed by atoms with van der Waals surface area (Å²) in [6, 6.07) is 0. The molecule has 2 N–H and O–H groups in total. The molecule has 18 heavy (non-hydrogen) atoms. The molecule has 0 unspecified atom stereocenters. The van der Waals surface area contributed by atoms with Crippen LogP contribution in [-0.4, -0.2) is 52.5 Å². The highest BCUT2D eigenvalue weighted by molar-refractivity contribution is 5.79. The summed E-state index contributed by atoms with van der Waals surface area (Å²) in [7, 11) is 1.69. The Labute approximate surface area is 111 Å². The molecule has 108 valence electrons. The fraction of sp³-hybridized carbons (Fsp3) is 0.923. The van der Waals surface area contributed by atoms with E-state index >= 15 is 0 Å². The number of aliphatic imine (C=N–C) groups is 1. The highest BCUT2D eigenvalue weighted by Crippen LogP contribution is 1.93. The van der Waals surface area contributed by atoms with Crippen molar-refractivity contribution in [2.24, 2.45) is 10.9 Å². The first-order chi connectivity index (χ1) is 8.70. The molecule has 0 spiro atoms. The zero-order valence-electron chi connectivity index (χ0n) is 12.3. The number of guanidine groups is 1. The van der Waals surface area contributed by atoms with Crippen LogP contribution in [0.5, 0.6) is 0 Å². The van der Waals surface area contributed by atoms with Crippen LogP contribution in [-0.2, 0) is 9.47 Å². The molecule has 0 radical (unpaired) electrons. The number of methoxy groups -OCH3 is 1. The molecule has 0 aliphatic carbocycles. The summed E-state index contributed by atoms with van der Waals surface area (Å²) in [5.74, 6) is 1.44. The second-order valence-corrected chi connectivity index (χ2v) is 4.50. The van der Waals surface area contributed by atoms with E-state index in [2.05, 4.69) is 36.4 Å². The minimum Gasteiger partial charge on any atom is -0.383 e. The Hall–Kier alpha value is -0.810. The molecule has 0 aromatic heterocycles. The first-order valence-electron chi connectivity index (χ1n) is 6.79. The van der Waals surface area contributed by atoms with Crippen molar-refractivity contribution < 1.29 is 9.47 Å². The van der Waals surface area contributed by atoms with Gasteiger partial charge in [-0.25, -0.2) is 0 Å². The molecule has 0 saturated carbocycles. The van der Waals surface area contributed by atoms with Crippen LogP contribution in [0.15, 0.2) is 4.99 Å². The van der Waals surface area contributed by atoms with Crippen LogP contribution in [0.3, 0.4) is 0 Å². The van der Waals surface area contributed by atoms with E-state index in [1.807, 2.05) is 0 Å². The van der Waals surface area contributed by atoms with Gasteiger partial charge in [-0.15, -0.1) is 0 Å². The zero-order valence-corrected chi connectivity index (χ0v) is 12.3. The van der Waals surface area contributed by atoms with Gasteiger partial charge in [0.25, 0.3) is 0 Å². The number of ether oxygens (including phenoxy) is 2. The molecule has 0 bridgehead atoms. The van der Waals surface area contributed by atoms with Gasteiger partial charge in [0, 0.05) is 40.0 Å². The summed E-state index contributed by atoms with van der Waals surface area (Å²) in [5.41, 5.74) is 0. The van der Waals surface area contributed by atoms with Crippen molar-refractivity contribution in [3.63, 3.8) is 0 Å². The summed E-state index contributed by atoms with van der Waals surface area (Å²) >= 11 is 0. The predicted octanol–water partition coefficient (Wildman–Crippen LogP) is 1.25. The van der Waals surface area contributed by atoms with Crippen molar-refractivity contribution >= 4 is 5.96 Å². The lowest BCUT2D eigenvalue weighted by Crippen LogP contribution is -2.39. The van der Waals surface area contributed by atoms with Crippen LogP contribution in [0.25, 0.3) is 0 Å². The fourth-order valence-electron chi connectivity index (χ4n) is 1.29. The first kappa shape index (κ1) is 17.2. The fourth-order valence-corrected chi connectivity index (χ4v) is 1.29. The van der Waals surface area contributed by atoms with E-state index in [-0.39, 0.29) is 0 Å². The van der Waals surface area contributed by atoms with Gasteiger partial charge >= 0.3 is 0 Å². The summed E-state index contributed by atoms with van der Waals surface area (Å²) in [6.45, 7) is 11.1. The quantitative estimate of drug-likeness (QED) is 0.352. The lowest BCUT2D eigenvalue weighted by molar-refractivity contribution is 0.109. The maximum Gasteiger partial charge on any atom is 0.191 e. The minimum absolute atomic E-state index is 0.599. The van der Waals surface area contributed by atoms with Gasteiger partial charge < -0.3 is 20.1 Å². The highest BCUT2D eigenvalue weighted by Gasteiger charge is 1.96. The third-order valence-corrected chi connectivity index (χ3v) is 2.11. The second-order valence-electron chi connectivity index (χ2n) is 4.50. The average Bonchev–Trinajstić information content (AvgIpc) is 2.33. The van der Waals surface area contributed by atoms with Crippen molar-refractivity contribution in [2.45, 2.75) is 27.2 Å². The van der Waals surface area contributed by atoms with Crippen LogP contribution in [0, 0.1) is 5.92 Å². The molecular formula is C13H29N3O2. The molecule has 0 amide bonds. The predicted molar refractivity (Wildman–Crippen MR) is 76.1 cm³/mol. The summed E-state index contributed by atoms with van der Waals surface area (Å²) in [6.07, 6.45) is 0.952. The van der Waals surface area contributed by atoms with Crippen LogP contribution in [0.2, 0.25) is 0 Å². The topological polar surface area (TPSA) is 54.9 Å². The number of hydrogen-bond donors (Lipinski definition) is 2. The molecule has 0 rings (SSSR count). The van der Waals surface area contributed by atoms with Crippen LogP contribution in [0.4, 0.5) is 0 Å². The first-order valence-corrected chi connectivity index (χ1v) is 6.79. The van der Waals surface area contributed by atoms with Gasteiger partial charge in [0.15, 0.2) is 5.96 Å². The number of nitrogens with one attached hydrogen (secondary N) is 2. The maximum absolute atomic E-state index is 5.51. The monoisotopic (exact) mass is 259 g/mol. The summed E-state index contributed by atoms with van der Waals surface area (Å²) < 4.78 is 10.5. The van der Waals surface area contributed by atoms with Gasteiger partial charge in [-0.05, 0) is 19.3 Å². The second kappa shape index (κ2) is 12.6. The molecule has 0 saturated heterocycles. The molecule has 0 aromatic rings. The standard InChI is InChI=1S/C13H29N3O2/c1-5-14-13(16-8-10-17-4)15-7-6-9-18-11-12(2)3/h12H,5-11H2,1-4H3,(H2,14,15,16). The van der Waals surface area contributed by atoms with E-state index in [1.165, 1.54) is 0 Å². The molecule has 0 aliphatic rings. The van der Waals surface area contributed by atoms with E-state index in [0.29, 0.717) is 12.5 Å². The van der Waals surface area contributed by atoms with E-state index < -0.39 is 0 Å². The lowest BCUT2D eigenvalue weighted by Gasteiger charge is -2.11. The van der Waals surface area contributed by atoms with E-state index in [0.717, 1.165) is 45.2 Å². The molecule has 0 fully saturated rings. The Morgan fingerprint density at radius 1 is 1.22 bits per heavy atom. The van der Waals surface area contributed by atoms with Gasteiger partial charge in [-0.3, -0.25) is 4.99 Å².